The highest BCUT2D eigenvalue weighted by Crippen LogP contribution is 2.54. The summed E-state index contributed by atoms with van der Waals surface area (Å²) in [6.07, 6.45) is 10.5. The molecule has 0 heterocycles. The average molecular weight is 543 g/mol. The smallest absolute Gasteiger partial charge is 0.407 e. The van der Waals surface area contributed by atoms with Crippen LogP contribution in [0.2, 0.25) is 0 Å². The number of carbonyl (C=O) groups excluding carboxylic acids is 3. The number of ether oxygens (including phenoxy) is 3. The van der Waals surface area contributed by atoms with Crippen molar-refractivity contribution < 1.29 is 28.6 Å². The topological polar surface area (TPSA) is 103 Å². The SMILES string of the molecule is C=C1CCC[C@@H]2[C@H](CC1)[C@@H]2COC(=O)N[C@@H](CCCCNC(=O)OC[C@@H]1[C@@H]2CCC#CCC[C@@H]21)C(=O)OCC. The number of unbranched alkanes of at least 4 members (excludes halogenated alkanes) is 1. The molecule has 0 aromatic rings. The van der Waals surface area contributed by atoms with Crippen LogP contribution in [0.25, 0.3) is 0 Å². The molecule has 0 saturated heterocycles. The summed E-state index contributed by atoms with van der Waals surface area (Å²) in [6.45, 7) is 7.43. The fourth-order valence-corrected chi connectivity index (χ4v) is 6.73. The van der Waals surface area contributed by atoms with Gasteiger partial charge in [-0.05, 0) is 107 Å². The zero-order valence-electron chi connectivity index (χ0n) is 23.5. The molecule has 4 rings (SSSR count). The van der Waals surface area contributed by atoms with E-state index in [1.165, 1.54) is 12.0 Å². The molecule has 8 heteroatoms. The van der Waals surface area contributed by atoms with E-state index < -0.39 is 24.2 Å². The van der Waals surface area contributed by atoms with Crippen molar-refractivity contribution in [1.82, 2.24) is 10.6 Å². The summed E-state index contributed by atoms with van der Waals surface area (Å²) in [4.78, 5) is 37.0. The highest BCUT2D eigenvalue weighted by molar-refractivity contribution is 5.81. The molecular formula is C31H46N2O6. The molecule has 216 valence electrons. The second-order valence-corrected chi connectivity index (χ2v) is 11.7. The Morgan fingerprint density at radius 3 is 2.21 bits per heavy atom. The van der Waals surface area contributed by atoms with Gasteiger partial charge < -0.3 is 24.8 Å². The van der Waals surface area contributed by atoms with Gasteiger partial charge in [0.15, 0.2) is 0 Å². The Hall–Kier alpha value is -2.69. The predicted octanol–water partition coefficient (Wildman–Crippen LogP) is 5.36. The molecule has 4 aliphatic rings. The van der Waals surface area contributed by atoms with E-state index >= 15 is 0 Å². The zero-order valence-corrected chi connectivity index (χ0v) is 23.5. The first-order valence-corrected chi connectivity index (χ1v) is 15.1. The number of hydrogen-bond donors (Lipinski definition) is 2. The largest absolute Gasteiger partial charge is 0.464 e. The molecule has 0 spiro atoms. The summed E-state index contributed by atoms with van der Waals surface area (Å²) < 4.78 is 16.1. The van der Waals surface area contributed by atoms with E-state index in [1.54, 1.807) is 6.92 Å². The van der Waals surface area contributed by atoms with Gasteiger partial charge in [0.25, 0.3) is 0 Å². The first-order chi connectivity index (χ1) is 19.0. The maximum Gasteiger partial charge on any atom is 0.407 e. The van der Waals surface area contributed by atoms with Crippen LogP contribution in [0.4, 0.5) is 9.59 Å². The number of alkyl carbamates (subject to hydrolysis) is 2. The van der Waals surface area contributed by atoms with E-state index in [-0.39, 0.29) is 6.61 Å². The van der Waals surface area contributed by atoms with E-state index in [0.717, 1.165) is 51.4 Å². The molecule has 0 unspecified atom stereocenters. The quantitative estimate of drug-likeness (QED) is 0.113. The van der Waals surface area contributed by atoms with Crippen molar-refractivity contribution >= 4 is 18.2 Å². The summed E-state index contributed by atoms with van der Waals surface area (Å²) in [5, 5.41) is 5.50. The van der Waals surface area contributed by atoms with Crippen molar-refractivity contribution in [3.05, 3.63) is 12.2 Å². The number of hydrogen-bond acceptors (Lipinski definition) is 6. The molecule has 4 aliphatic carbocycles. The van der Waals surface area contributed by atoms with Crippen LogP contribution in [0.3, 0.4) is 0 Å². The van der Waals surface area contributed by atoms with Crippen LogP contribution in [-0.2, 0) is 19.0 Å². The molecule has 0 aromatic carbocycles. The van der Waals surface area contributed by atoms with Crippen molar-refractivity contribution in [2.24, 2.45) is 35.5 Å². The Morgan fingerprint density at radius 2 is 1.51 bits per heavy atom. The minimum Gasteiger partial charge on any atom is -0.464 e. The van der Waals surface area contributed by atoms with E-state index in [1.807, 2.05) is 0 Å². The Balaban J connectivity index is 1.09. The van der Waals surface area contributed by atoms with Crippen molar-refractivity contribution in [2.45, 2.75) is 90.0 Å². The number of amides is 2. The molecule has 3 fully saturated rings. The minimum atomic E-state index is -0.768. The van der Waals surface area contributed by atoms with Gasteiger partial charge in [-0.3, -0.25) is 0 Å². The van der Waals surface area contributed by atoms with Gasteiger partial charge in [0.1, 0.15) is 6.04 Å². The number of esters is 1. The Labute approximate surface area is 233 Å². The molecule has 3 saturated carbocycles. The van der Waals surface area contributed by atoms with Crippen LogP contribution in [0.1, 0.15) is 84.0 Å². The van der Waals surface area contributed by atoms with Crippen LogP contribution in [0, 0.1) is 47.3 Å². The lowest BCUT2D eigenvalue weighted by atomic mass is 9.98. The lowest BCUT2D eigenvalue weighted by Crippen LogP contribution is -2.42. The van der Waals surface area contributed by atoms with E-state index in [9.17, 15) is 14.4 Å². The molecule has 0 bridgehead atoms. The highest BCUT2D eigenvalue weighted by Gasteiger charge is 2.50. The van der Waals surface area contributed by atoms with Crippen molar-refractivity contribution in [1.29, 1.82) is 0 Å². The second kappa shape index (κ2) is 14.6. The number of nitrogens with one attached hydrogen (secondary N) is 2. The molecule has 0 radical (unpaired) electrons. The van der Waals surface area contributed by atoms with Gasteiger partial charge in [-0.25, -0.2) is 14.4 Å². The first kappa shape index (κ1) is 29.3. The molecule has 8 nitrogen and oxygen atoms in total. The van der Waals surface area contributed by atoms with Gasteiger partial charge in [-0.2, -0.15) is 0 Å². The third kappa shape index (κ3) is 8.91. The third-order valence-electron chi connectivity index (χ3n) is 9.11. The van der Waals surface area contributed by atoms with Crippen LogP contribution in [0.5, 0.6) is 0 Å². The molecule has 0 aliphatic heterocycles. The Morgan fingerprint density at radius 1 is 0.872 bits per heavy atom. The highest BCUT2D eigenvalue weighted by atomic mass is 16.6. The second-order valence-electron chi connectivity index (χ2n) is 11.7. The molecule has 2 N–H and O–H groups in total. The molecular weight excluding hydrogens is 496 g/mol. The van der Waals surface area contributed by atoms with Crippen LogP contribution in [0.15, 0.2) is 12.2 Å². The van der Waals surface area contributed by atoms with E-state index in [2.05, 4.69) is 29.1 Å². The van der Waals surface area contributed by atoms with Crippen molar-refractivity contribution in [3.63, 3.8) is 0 Å². The van der Waals surface area contributed by atoms with E-state index in [0.29, 0.717) is 74.5 Å². The fourth-order valence-electron chi connectivity index (χ4n) is 6.73. The summed E-state index contributed by atoms with van der Waals surface area (Å²) in [7, 11) is 0. The first-order valence-electron chi connectivity index (χ1n) is 15.1. The number of fused-ring (bicyclic) bond motifs is 2. The van der Waals surface area contributed by atoms with Gasteiger partial charge in [0.2, 0.25) is 0 Å². The fraction of sp³-hybridized carbons (Fsp3) is 0.774. The lowest BCUT2D eigenvalue weighted by molar-refractivity contribution is -0.145. The number of carbonyl (C=O) groups is 3. The predicted molar refractivity (Wildman–Crippen MR) is 148 cm³/mol. The third-order valence-corrected chi connectivity index (χ3v) is 9.11. The minimum absolute atomic E-state index is 0.242. The molecule has 2 amide bonds. The Bertz CT molecular complexity index is 921. The molecule has 7 atom stereocenters. The average Bonchev–Trinajstić information content (AvgIpc) is 3.75. The number of rotatable bonds is 12. The van der Waals surface area contributed by atoms with Gasteiger partial charge in [0, 0.05) is 19.4 Å². The molecule has 0 aromatic heterocycles. The Kier molecular flexibility index (Phi) is 11.0. The van der Waals surface area contributed by atoms with Gasteiger partial charge in [-0.1, -0.05) is 12.2 Å². The summed E-state index contributed by atoms with van der Waals surface area (Å²) in [6, 6.07) is -0.768. The summed E-state index contributed by atoms with van der Waals surface area (Å²) in [5.74, 6) is 9.37. The standard InChI is InChI=1S/C31H46N2O6/c1-3-37-29(34)28(33-31(36)39-20-27-24-14-10-11-21(2)16-17-25(24)27)15-8-9-18-32-30(35)38-19-26-22-12-6-4-5-7-13-23(22)26/h22-28H,2-3,6-20H2,1H3,(H,32,35)(H,33,36)/t22-,23+,24-,25+,26-,27-,28+/m1/s1. The monoisotopic (exact) mass is 542 g/mol. The maximum absolute atomic E-state index is 12.5. The summed E-state index contributed by atoms with van der Waals surface area (Å²) >= 11 is 0. The summed E-state index contributed by atoms with van der Waals surface area (Å²) in [5.41, 5.74) is 1.33. The van der Waals surface area contributed by atoms with E-state index in [4.69, 9.17) is 14.2 Å². The molecule has 39 heavy (non-hydrogen) atoms. The van der Waals surface area contributed by atoms with Gasteiger partial charge in [-0.15, -0.1) is 11.8 Å². The van der Waals surface area contributed by atoms with Gasteiger partial charge in [0.05, 0.1) is 19.8 Å². The van der Waals surface area contributed by atoms with Crippen molar-refractivity contribution in [2.75, 3.05) is 26.4 Å². The zero-order chi connectivity index (χ0) is 27.6. The van der Waals surface area contributed by atoms with Crippen LogP contribution in [-0.4, -0.2) is 50.6 Å². The van der Waals surface area contributed by atoms with Crippen LogP contribution >= 0.6 is 0 Å². The van der Waals surface area contributed by atoms with Crippen molar-refractivity contribution in [3.8, 4) is 11.8 Å². The number of allylic oxidation sites excluding steroid dienone is 1. The maximum atomic E-state index is 12.5. The van der Waals surface area contributed by atoms with Crippen LogP contribution < -0.4 is 10.6 Å². The normalized spacial score (nSPS) is 29.7. The lowest BCUT2D eigenvalue weighted by Gasteiger charge is -2.17. The van der Waals surface area contributed by atoms with Gasteiger partial charge >= 0.3 is 18.2 Å².